The van der Waals surface area contributed by atoms with Crippen molar-refractivity contribution >= 4 is 17.4 Å². The van der Waals surface area contributed by atoms with Crippen LogP contribution in [0.1, 0.15) is 40.9 Å². The standard InChI is InChI=1S/C14H16O/c1-6-12-7-10(4)13(9(2)3)8-14(12)11(5)15/h6-8H,1-2H2,3-5H3. The number of hydrogen-bond acceptors (Lipinski definition) is 1. The van der Waals surface area contributed by atoms with Crippen LogP contribution in [0.5, 0.6) is 0 Å². The molecular weight excluding hydrogens is 184 g/mol. The molecule has 0 atom stereocenters. The van der Waals surface area contributed by atoms with Crippen LogP contribution >= 0.6 is 0 Å². The molecule has 0 bridgehead atoms. The highest BCUT2D eigenvalue weighted by Gasteiger charge is 2.09. The Kier molecular flexibility index (Phi) is 3.25. The van der Waals surface area contributed by atoms with Gasteiger partial charge in [0.25, 0.3) is 0 Å². The lowest BCUT2D eigenvalue weighted by molar-refractivity contribution is 0.101. The molecule has 1 aromatic carbocycles. The molecule has 0 saturated heterocycles. The van der Waals surface area contributed by atoms with Crippen molar-refractivity contribution in [3.05, 3.63) is 47.5 Å². The predicted octanol–water partition coefficient (Wildman–Crippen LogP) is 3.87. The monoisotopic (exact) mass is 200 g/mol. The normalized spacial score (nSPS) is 9.80. The summed E-state index contributed by atoms with van der Waals surface area (Å²) in [6.07, 6.45) is 1.71. The molecule has 0 heterocycles. The summed E-state index contributed by atoms with van der Waals surface area (Å²) in [5, 5.41) is 0. The van der Waals surface area contributed by atoms with E-state index >= 15 is 0 Å². The van der Waals surface area contributed by atoms with Gasteiger partial charge >= 0.3 is 0 Å². The van der Waals surface area contributed by atoms with Crippen LogP contribution in [0, 0.1) is 6.92 Å². The lowest BCUT2D eigenvalue weighted by atomic mass is 9.94. The zero-order chi connectivity index (χ0) is 11.6. The molecule has 1 nitrogen and oxygen atoms in total. The van der Waals surface area contributed by atoms with Crippen LogP contribution in [0.25, 0.3) is 11.6 Å². The minimum Gasteiger partial charge on any atom is -0.294 e. The maximum absolute atomic E-state index is 11.4. The van der Waals surface area contributed by atoms with Gasteiger partial charge in [-0.2, -0.15) is 0 Å². The van der Waals surface area contributed by atoms with Gasteiger partial charge in [-0.05, 0) is 43.5 Å². The first-order valence-electron chi connectivity index (χ1n) is 4.91. The Morgan fingerprint density at radius 3 is 2.27 bits per heavy atom. The summed E-state index contributed by atoms with van der Waals surface area (Å²) in [4.78, 5) is 11.4. The number of ketones is 1. The van der Waals surface area contributed by atoms with Crippen molar-refractivity contribution in [2.75, 3.05) is 0 Å². The molecule has 0 N–H and O–H groups in total. The molecule has 0 spiro atoms. The van der Waals surface area contributed by atoms with Crippen molar-refractivity contribution in [1.29, 1.82) is 0 Å². The number of allylic oxidation sites excluding steroid dienone is 1. The molecule has 1 heteroatoms. The molecule has 0 aliphatic heterocycles. The average Bonchev–Trinajstić information content (AvgIpc) is 2.16. The van der Waals surface area contributed by atoms with Crippen LogP contribution in [0.4, 0.5) is 0 Å². The van der Waals surface area contributed by atoms with Crippen LogP contribution in [0.2, 0.25) is 0 Å². The zero-order valence-electron chi connectivity index (χ0n) is 9.55. The van der Waals surface area contributed by atoms with Crippen molar-refractivity contribution in [1.82, 2.24) is 0 Å². The third-order valence-corrected chi connectivity index (χ3v) is 2.46. The maximum Gasteiger partial charge on any atom is 0.160 e. The summed E-state index contributed by atoms with van der Waals surface area (Å²) < 4.78 is 0. The van der Waals surface area contributed by atoms with Crippen LogP contribution in [0.3, 0.4) is 0 Å². The van der Waals surface area contributed by atoms with Crippen LogP contribution < -0.4 is 0 Å². The van der Waals surface area contributed by atoms with Gasteiger partial charge in [0.2, 0.25) is 0 Å². The first-order valence-corrected chi connectivity index (χ1v) is 4.91. The molecule has 78 valence electrons. The number of hydrogen-bond donors (Lipinski definition) is 0. The van der Waals surface area contributed by atoms with E-state index in [9.17, 15) is 4.79 Å². The molecule has 0 saturated carbocycles. The summed E-state index contributed by atoms with van der Waals surface area (Å²) in [6, 6.07) is 3.88. The second kappa shape index (κ2) is 4.26. The summed E-state index contributed by atoms with van der Waals surface area (Å²) in [7, 11) is 0. The summed E-state index contributed by atoms with van der Waals surface area (Å²) in [5.41, 5.74) is 4.76. The van der Waals surface area contributed by atoms with E-state index in [0.29, 0.717) is 5.56 Å². The van der Waals surface area contributed by atoms with Gasteiger partial charge in [0.1, 0.15) is 0 Å². The molecule has 0 aromatic heterocycles. The molecule has 0 fully saturated rings. The van der Waals surface area contributed by atoms with Crippen molar-refractivity contribution in [3.63, 3.8) is 0 Å². The van der Waals surface area contributed by atoms with Gasteiger partial charge in [-0.3, -0.25) is 4.79 Å². The van der Waals surface area contributed by atoms with Crippen LogP contribution in [-0.4, -0.2) is 5.78 Å². The fourth-order valence-corrected chi connectivity index (χ4v) is 1.66. The fourth-order valence-electron chi connectivity index (χ4n) is 1.66. The van der Waals surface area contributed by atoms with Gasteiger partial charge in [0.15, 0.2) is 5.78 Å². The van der Waals surface area contributed by atoms with Gasteiger partial charge in [-0.1, -0.05) is 30.9 Å². The highest BCUT2D eigenvalue weighted by molar-refractivity contribution is 5.98. The molecule has 1 rings (SSSR count). The third-order valence-electron chi connectivity index (χ3n) is 2.46. The van der Waals surface area contributed by atoms with E-state index in [0.717, 1.165) is 22.3 Å². The minimum absolute atomic E-state index is 0.0624. The SMILES string of the molecule is C=Cc1cc(C)c(C(=C)C)cc1C(C)=O. The van der Waals surface area contributed by atoms with Gasteiger partial charge < -0.3 is 0 Å². The molecule has 0 radical (unpaired) electrons. The molecule has 15 heavy (non-hydrogen) atoms. The van der Waals surface area contributed by atoms with Crippen LogP contribution in [0.15, 0.2) is 25.3 Å². The van der Waals surface area contributed by atoms with Crippen molar-refractivity contribution in [2.45, 2.75) is 20.8 Å². The Hall–Kier alpha value is -1.63. The van der Waals surface area contributed by atoms with Crippen molar-refractivity contribution in [3.8, 4) is 0 Å². The number of aryl methyl sites for hydroxylation is 1. The first kappa shape index (κ1) is 11.4. The molecule has 0 unspecified atom stereocenters. The minimum atomic E-state index is 0.0624. The first-order chi connectivity index (χ1) is 6.97. The van der Waals surface area contributed by atoms with E-state index < -0.39 is 0 Å². The van der Waals surface area contributed by atoms with E-state index in [1.807, 2.05) is 26.0 Å². The lowest BCUT2D eigenvalue weighted by Gasteiger charge is -2.10. The Bertz CT molecular complexity index is 439. The predicted molar refractivity (Wildman–Crippen MR) is 66.0 cm³/mol. The lowest BCUT2D eigenvalue weighted by Crippen LogP contribution is -1.99. The second-order valence-corrected chi connectivity index (χ2v) is 3.80. The molecular formula is C14H16O. The summed E-state index contributed by atoms with van der Waals surface area (Å²) in [5.74, 6) is 0.0624. The number of carbonyl (C=O) groups excluding carboxylic acids is 1. The zero-order valence-corrected chi connectivity index (χ0v) is 9.55. The Labute approximate surface area is 91.1 Å². The number of rotatable bonds is 3. The average molecular weight is 200 g/mol. The quantitative estimate of drug-likeness (QED) is 0.677. The molecule has 0 amide bonds. The number of Topliss-reactive ketones (excluding diaryl/α,β-unsaturated/α-hetero) is 1. The second-order valence-electron chi connectivity index (χ2n) is 3.80. The van der Waals surface area contributed by atoms with E-state index in [1.165, 1.54) is 0 Å². The van der Waals surface area contributed by atoms with E-state index in [-0.39, 0.29) is 5.78 Å². The van der Waals surface area contributed by atoms with Gasteiger partial charge in [-0.25, -0.2) is 0 Å². The van der Waals surface area contributed by atoms with E-state index in [4.69, 9.17) is 0 Å². The summed E-state index contributed by atoms with van der Waals surface area (Å²) >= 11 is 0. The van der Waals surface area contributed by atoms with Crippen molar-refractivity contribution in [2.24, 2.45) is 0 Å². The van der Waals surface area contributed by atoms with Gasteiger partial charge in [-0.15, -0.1) is 0 Å². The highest BCUT2D eigenvalue weighted by atomic mass is 16.1. The Morgan fingerprint density at radius 2 is 1.87 bits per heavy atom. The highest BCUT2D eigenvalue weighted by Crippen LogP contribution is 2.23. The maximum atomic E-state index is 11.4. The Balaban J connectivity index is 3.50. The fraction of sp³-hybridized carbons (Fsp3) is 0.214. The topological polar surface area (TPSA) is 17.1 Å². The third kappa shape index (κ3) is 2.24. The summed E-state index contributed by atoms with van der Waals surface area (Å²) in [6.45, 7) is 13.1. The van der Waals surface area contributed by atoms with Gasteiger partial charge in [0.05, 0.1) is 0 Å². The molecule has 1 aromatic rings. The van der Waals surface area contributed by atoms with Crippen molar-refractivity contribution < 1.29 is 4.79 Å². The smallest absolute Gasteiger partial charge is 0.160 e. The van der Waals surface area contributed by atoms with Crippen LogP contribution in [-0.2, 0) is 0 Å². The van der Waals surface area contributed by atoms with E-state index in [1.54, 1.807) is 13.0 Å². The van der Waals surface area contributed by atoms with E-state index in [2.05, 4.69) is 13.2 Å². The largest absolute Gasteiger partial charge is 0.294 e. The Morgan fingerprint density at radius 1 is 1.27 bits per heavy atom. The number of carbonyl (C=O) groups is 1. The molecule has 0 aliphatic carbocycles. The molecule has 0 aliphatic rings. The number of benzene rings is 1. The van der Waals surface area contributed by atoms with Gasteiger partial charge in [0, 0.05) is 5.56 Å².